The number of aromatic amines is 1. The van der Waals surface area contributed by atoms with E-state index in [1.807, 2.05) is 30.3 Å². The van der Waals surface area contributed by atoms with Crippen LogP contribution in [0.5, 0.6) is 5.75 Å². The number of aromatic nitrogens is 2. The van der Waals surface area contributed by atoms with Crippen molar-refractivity contribution in [1.29, 1.82) is 0 Å². The number of hydrogen-bond acceptors (Lipinski definition) is 5. The third kappa shape index (κ3) is 3.74. The van der Waals surface area contributed by atoms with Gasteiger partial charge in [0.15, 0.2) is 0 Å². The zero-order chi connectivity index (χ0) is 23.9. The lowest BCUT2D eigenvalue weighted by molar-refractivity contribution is -0.155. The van der Waals surface area contributed by atoms with Gasteiger partial charge in [-0.3, -0.25) is 14.7 Å². The molecule has 2 fully saturated rings. The fourth-order valence-electron chi connectivity index (χ4n) is 4.75. The van der Waals surface area contributed by atoms with Crippen molar-refractivity contribution in [3.8, 4) is 16.9 Å². The summed E-state index contributed by atoms with van der Waals surface area (Å²) < 4.78 is 31.2. The molecule has 0 aliphatic carbocycles. The number of methoxy groups -OCH3 is 1. The van der Waals surface area contributed by atoms with Crippen LogP contribution in [0.4, 0.5) is 20.2 Å². The van der Waals surface area contributed by atoms with E-state index in [-0.39, 0.29) is 19.0 Å². The summed E-state index contributed by atoms with van der Waals surface area (Å²) in [6, 6.07) is 14.0. The minimum absolute atomic E-state index is 0.0765. The maximum atomic E-state index is 13.6. The van der Waals surface area contributed by atoms with Crippen molar-refractivity contribution in [1.82, 2.24) is 15.1 Å². The number of hydrogen-bond donors (Lipinski definition) is 2. The minimum Gasteiger partial charge on any atom is -0.497 e. The molecule has 1 spiro atoms. The highest BCUT2D eigenvalue weighted by Gasteiger charge is 2.60. The number of amides is 2. The van der Waals surface area contributed by atoms with E-state index >= 15 is 0 Å². The lowest BCUT2D eigenvalue weighted by Crippen LogP contribution is -2.66. The predicted molar refractivity (Wildman–Crippen MR) is 122 cm³/mol. The quantitative estimate of drug-likeness (QED) is 0.582. The molecule has 2 amide bonds. The zero-order valence-electron chi connectivity index (χ0n) is 18.4. The summed E-state index contributed by atoms with van der Waals surface area (Å²) in [5.74, 6) is -0.761. The fourth-order valence-corrected chi connectivity index (χ4v) is 4.75. The van der Waals surface area contributed by atoms with E-state index in [9.17, 15) is 18.4 Å². The number of carbonyl (C=O) groups excluding carboxylic acids is 2. The van der Waals surface area contributed by atoms with Crippen LogP contribution < -0.4 is 15.0 Å². The summed E-state index contributed by atoms with van der Waals surface area (Å²) in [6.45, 7) is 0.464. The van der Waals surface area contributed by atoms with E-state index in [4.69, 9.17) is 4.74 Å². The molecule has 0 radical (unpaired) electrons. The van der Waals surface area contributed by atoms with Crippen LogP contribution in [0.25, 0.3) is 11.1 Å². The Labute approximate surface area is 194 Å². The molecular weight excluding hydrogens is 444 g/mol. The number of carbonyl (C=O) groups is 2. The molecule has 8 nitrogen and oxygen atoms in total. The third-order valence-electron chi connectivity index (χ3n) is 6.50. The van der Waals surface area contributed by atoms with Gasteiger partial charge in [-0.25, -0.2) is 0 Å². The maximum absolute atomic E-state index is 13.6. The van der Waals surface area contributed by atoms with Crippen molar-refractivity contribution in [2.75, 3.05) is 37.0 Å². The van der Waals surface area contributed by atoms with E-state index in [2.05, 4.69) is 15.5 Å². The van der Waals surface area contributed by atoms with Crippen LogP contribution in [0.3, 0.4) is 0 Å². The first-order valence-corrected chi connectivity index (χ1v) is 10.8. The Hall–Kier alpha value is -3.95. The van der Waals surface area contributed by atoms with Gasteiger partial charge in [0.2, 0.25) is 5.91 Å². The molecule has 3 aromatic rings. The molecule has 3 heterocycles. The highest BCUT2D eigenvalue weighted by atomic mass is 19.3. The standard InChI is InChI=1S/C24H23F2N5O3/c1-34-19-4-2-3-17(9-19)29-20-22(32)31(14-24(20)12-30(13-24)23(33)21(25)26)18-7-5-15(6-8-18)16-10-27-28-11-16/h2-11,20-21,29H,12-14H2,1H3,(H,27,28). The second-order valence-corrected chi connectivity index (χ2v) is 8.62. The number of anilines is 2. The Bertz CT molecular complexity index is 1190. The monoisotopic (exact) mass is 467 g/mol. The van der Waals surface area contributed by atoms with Crippen LogP contribution in [-0.4, -0.2) is 66.1 Å². The molecule has 2 aliphatic rings. The van der Waals surface area contributed by atoms with Crippen molar-refractivity contribution in [3.05, 3.63) is 60.9 Å². The molecule has 2 saturated heterocycles. The number of alkyl halides is 2. The van der Waals surface area contributed by atoms with Crippen molar-refractivity contribution in [2.24, 2.45) is 5.41 Å². The second kappa shape index (κ2) is 8.44. The second-order valence-electron chi connectivity index (χ2n) is 8.62. The summed E-state index contributed by atoms with van der Waals surface area (Å²) >= 11 is 0. The normalized spacial score (nSPS) is 18.9. The molecule has 10 heteroatoms. The van der Waals surface area contributed by atoms with Gasteiger partial charge in [0.25, 0.3) is 5.91 Å². The largest absolute Gasteiger partial charge is 0.497 e. The van der Waals surface area contributed by atoms with Crippen molar-refractivity contribution < 1.29 is 23.1 Å². The van der Waals surface area contributed by atoms with E-state index in [1.54, 1.807) is 42.6 Å². The topological polar surface area (TPSA) is 90.6 Å². The summed E-state index contributed by atoms with van der Waals surface area (Å²) in [6.07, 6.45) is 0.426. The Morgan fingerprint density at radius 2 is 1.94 bits per heavy atom. The summed E-state index contributed by atoms with van der Waals surface area (Å²) in [7, 11) is 1.55. The van der Waals surface area contributed by atoms with Gasteiger partial charge in [-0.05, 0) is 29.8 Å². The van der Waals surface area contributed by atoms with Gasteiger partial charge in [0, 0.05) is 48.8 Å². The number of nitrogens with zero attached hydrogens (tertiary/aromatic N) is 3. The number of rotatable bonds is 6. The molecule has 2 aliphatic heterocycles. The molecule has 1 unspecified atom stereocenters. The number of benzene rings is 2. The van der Waals surface area contributed by atoms with Crippen LogP contribution in [-0.2, 0) is 9.59 Å². The van der Waals surface area contributed by atoms with Crippen LogP contribution in [0, 0.1) is 5.41 Å². The lowest BCUT2D eigenvalue weighted by Gasteiger charge is -2.50. The Kier molecular flexibility index (Phi) is 5.43. The highest BCUT2D eigenvalue weighted by Crippen LogP contribution is 2.44. The number of H-pyrrole nitrogens is 1. The van der Waals surface area contributed by atoms with E-state index in [1.165, 1.54) is 0 Å². The van der Waals surface area contributed by atoms with Crippen LogP contribution in [0.2, 0.25) is 0 Å². The summed E-state index contributed by atoms with van der Waals surface area (Å²) in [4.78, 5) is 28.2. The smallest absolute Gasteiger partial charge is 0.315 e. The molecular formula is C24H23F2N5O3. The van der Waals surface area contributed by atoms with E-state index in [0.717, 1.165) is 16.0 Å². The highest BCUT2D eigenvalue weighted by molar-refractivity contribution is 6.03. The molecule has 0 saturated carbocycles. The van der Waals surface area contributed by atoms with Crippen LogP contribution in [0.1, 0.15) is 0 Å². The Morgan fingerprint density at radius 1 is 1.18 bits per heavy atom. The minimum atomic E-state index is -3.06. The molecule has 2 aromatic carbocycles. The predicted octanol–water partition coefficient (Wildman–Crippen LogP) is 3.01. The molecule has 1 aromatic heterocycles. The van der Waals surface area contributed by atoms with Gasteiger partial charge in [0.1, 0.15) is 11.8 Å². The lowest BCUT2D eigenvalue weighted by atomic mass is 9.75. The SMILES string of the molecule is COc1cccc(NC2C(=O)N(c3ccc(-c4cn[nH]c4)cc3)CC23CN(C(=O)C(F)F)C3)c1. The number of halogens is 2. The summed E-state index contributed by atoms with van der Waals surface area (Å²) in [5, 5.41) is 9.99. The number of nitrogens with one attached hydrogen (secondary N) is 2. The molecule has 34 heavy (non-hydrogen) atoms. The third-order valence-corrected chi connectivity index (χ3v) is 6.50. The first-order chi connectivity index (χ1) is 16.4. The molecule has 5 rings (SSSR count). The molecule has 2 N–H and O–H groups in total. The Morgan fingerprint density at radius 3 is 2.59 bits per heavy atom. The average molecular weight is 467 g/mol. The van der Waals surface area contributed by atoms with Gasteiger partial charge in [-0.1, -0.05) is 18.2 Å². The van der Waals surface area contributed by atoms with Crippen molar-refractivity contribution in [3.63, 3.8) is 0 Å². The van der Waals surface area contributed by atoms with E-state index in [0.29, 0.717) is 23.7 Å². The van der Waals surface area contributed by atoms with Crippen LogP contribution >= 0.6 is 0 Å². The van der Waals surface area contributed by atoms with Gasteiger partial charge < -0.3 is 19.9 Å². The number of likely N-dealkylation sites (tertiary alicyclic amines) is 1. The van der Waals surface area contributed by atoms with Gasteiger partial charge in [-0.15, -0.1) is 0 Å². The number of ether oxygens (including phenoxy) is 1. The average Bonchev–Trinajstić information content (AvgIpc) is 3.46. The van der Waals surface area contributed by atoms with Gasteiger partial charge in [0.05, 0.1) is 18.7 Å². The molecule has 1 atom stereocenters. The Balaban J connectivity index is 1.42. The zero-order valence-corrected chi connectivity index (χ0v) is 18.4. The van der Waals surface area contributed by atoms with Gasteiger partial charge in [-0.2, -0.15) is 13.9 Å². The van der Waals surface area contributed by atoms with E-state index < -0.39 is 23.8 Å². The van der Waals surface area contributed by atoms with Crippen molar-refractivity contribution in [2.45, 2.75) is 12.5 Å². The molecule has 176 valence electrons. The fraction of sp³-hybridized carbons (Fsp3) is 0.292. The van der Waals surface area contributed by atoms with Crippen molar-refractivity contribution >= 4 is 23.2 Å². The molecule has 0 bridgehead atoms. The van der Waals surface area contributed by atoms with Gasteiger partial charge >= 0.3 is 6.43 Å². The summed E-state index contributed by atoms with van der Waals surface area (Å²) in [5.41, 5.74) is 2.56. The maximum Gasteiger partial charge on any atom is 0.315 e. The first kappa shape index (κ1) is 21.9. The van der Waals surface area contributed by atoms with Crippen LogP contribution in [0.15, 0.2) is 60.9 Å². The first-order valence-electron chi connectivity index (χ1n) is 10.8.